The minimum Gasteiger partial charge on any atom is -0.352 e. The molecule has 0 radical (unpaired) electrons. The first-order valence-corrected chi connectivity index (χ1v) is 10.7. The van der Waals surface area contributed by atoms with Crippen molar-refractivity contribution in [1.82, 2.24) is 20.0 Å². The predicted octanol–water partition coefficient (Wildman–Crippen LogP) is 3.66. The first-order valence-electron chi connectivity index (χ1n) is 9.80. The van der Waals surface area contributed by atoms with E-state index < -0.39 is 0 Å². The molecule has 6 nitrogen and oxygen atoms in total. The van der Waals surface area contributed by atoms with Crippen molar-refractivity contribution in [3.63, 3.8) is 0 Å². The van der Waals surface area contributed by atoms with Gasteiger partial charge in [-0.15, -0.1) is 11.3 Å². The summed E-state index contributed by atoms with van der Waals surface area (Å²) in [6.45, 7) is 4.44. The van der Waals surface area contributed by atoms with Crippen molar-refractivity contribution in [2.24, 2.45) is 0 Å². The number of thiophene rings is 1. The zero-order valence-corrected chi connectivity index (χ0v) is 18.2. The van der Waals surface area contributed by atoms with E-state index in [1.807, 2.05) is 60.4 Å². The van der Waals surface area contributed by atoms with Crippen molar-refractivity contribution >= 4 is 29.2 Å². The summed E-state index contributed by atoms with van der Waals surface area (Å²) in [5.74, 6) is -0.411. The number of likely N-dealkylation sites (N-methyl/N-ethyl adjacent to an activating group) is 1. The zero-order valence-electron chi connectivity index (χ0n) is 17.4. The van der Waals surface area contributed by atoms with Crippen LogP contribution in [0.1, 0.15) is 25.0 Å². The first kappa shape index (κ1) is 21.5. The normalized spacial score (nSPS) is 11.2. The molecule has 0 saturated carbocycles. The lowest BCUT2D eigenvalue weighted by atomic mass is 10.2. The molecule has 1 aromatic carbocycles. The molecule has 0 aliphatic heterocycles. The van der Waals surface area contributed by atoms with Gasteiger partial charge < -0.3 is 10.2 Å². The summed E-state index contributed by atoms with van der Waals surface area (Å²) in [6.07, 6.45) is 5.20. The fraction of sp³-hybridized carbons (Fsp3) is 0.261. The molecule has 1 N–H and O–H groups in total. The minimum atomic E-state index is -0.234. The van der Waals surface area contributed by atoms with E-state index in [1.165, 1.54) is 11.0 Å². The van der Waals surface area contributed by atoms with Crippen molar-refractivity contribution in [3.8, 4) is 10.6 Å². The van der Waals surface area contributed by atoms with Gasteiger partial charge in [0.15, 0.2) is 0 Å². The van der Waals surface area contributed by atoms with Gasteiger partial charge >= 0.3 is 0 Å². The van der Waals surface area contributed by atoms with E-state index in [1.54, 1.807) is 24.5 Å². The molecule has 2 amide bonds. The summed E-state index contributed by atoms with van der Waals surface area (Å²) in [6, 6.07) is 14.2. The monoisotopic (exact) mass is 422 g/mol. The molecule has 0 aliphatic rings. The second kappa shape index (κ2) is 10.0. The van der Waals surface area contributed by atoms with Gasteiger partial charge in [0.05, 0.1) is 18.0 Å². The Hall–Kier alpha value is -3.19. The molecule has 0 fully saturated rings. The molecule has 156 valence electrons. The van der Waals surface area contributed by atoms with Crippen LogP contribution in [0.5, 0.6) is 0 Å². The van der Waals surface area contributed by atoms with Crippen molar-refractivity contribution in [2.75, 3.05) is 13.6 Å². The average Bonchev–Trinajstić information content (AvgIpc) is 3.35. The summed E-state index contributed by atoms with van der Waals surface area (Å²) in [4.78, 5) is 26.8. The highest BCUT2D eigenvalue weighted by Crippen LogP contribution is 2.27. The summed E-state index contributed by atoms with van der Waals surface area (Å²) in [5, 5.41) is 9.53. The van der Waals surface area contributed by atoms with Crippen LogP contribution in [0.3, 0.4) is 0 Å². The number of hydrogen-bond donors (Lipinski definition) is 1. The minimum absolute atomic E-state index is 0.0202. The van der Waals surface area contributed by atoms with Crippen LogP contribution in [0.25, 0.3) is 16.6 Å². The van der Waals surface area contributed by atoms with E-state index in [4.69, 9.17) is 5.10 Å². The molecule has 0 saturated heterocycles. The van der Waals surface area contributed by atoms with Gasteiger partial charge in [-0.05, 0) is 36.9 Å². The Balaban J connectivity index is 1.76. The molecule has 0 bridgehead atoms. The molecule has 0 atom stereocenters. The predicted molar refractivity (Wildman–Crippen MR) is 121 cm³/mol. The fourth-order valence-electron chi connectivity index (χ4n) is 2.96. The molecule has 0 spiro atoms. The maximum atomic E-state index is 12.5. The third-order valence-corrected chi connectivity index (χ3v) is 5.22. The Kier molecular flexibility index (Phi) is 7.19. The van der Waals surface area contributed by atoms with Crippen molar-refractivity contribution in [3.05, 3.63) is 71.2 Å². The number of aromatic nitrogens is 2. The van der Waals surface area contributed by atoms with Gasteiger partial charge in [-0.1, -0.05) is 36.4 Å². The number of amides is 2. The van der Waals surface area contributed by atoms with Crippen molar-refractivity contribution in [2.45, 2.75) is 26.4 Å². The fourth-order valence-corrected chi connectivity index (χ4v) is 3.70. The van der Waals surface area contributed by atoms with Crippen LogP contribution >= 0.6 is 11.3 Å². The number of carbonyl (C=O) groups excluding carboxylic acids is 2. The molecule has 0 unspecified atom stereocenters. The lowest BCUT2D eigenvalue weighted by Gasteiger charge is -2.16. The average molecular weight is 423 g/mol. The third kappa shape index (κ3) is 5.90. The maximum Gasteiger partial charge on any atom is 0.246 e. The van der Waals surface area contributed by atoms with Crippen molar-refractivity contribution in [1.29, 1.82) is 0 Å². The lowest BCUT2D eigenvalue weighted by molar-refractivity contribution is -0.131. The van der Waals surface area contributed by atoms with E-state index in [0.717, 1.165) is 21.7 Å². The maximum absolute atomic E-state index is 12.5. The molecule has 2 heterocycles. The highest BCUT2D eigenvalue weighted by molar-refractivity contribution is 7.13. The Morgan fingerprint density at radius 2 is 1.97 bits per heavy atom. The second-order valence-electron chi connectivity index (χ2n) is 7.34. The van der Waals surface area contributed by atoms with Gasteiger partial charge in [0.1, 0.15) is 5.69 Å². The van der Waals surface area contributed by atoms with Crippen molar-refractivity contribution < 1.29 is 9.59 Å². The number of hydrogen-bond acceptors (Lipinski definition) is 4. The number of rotatable bonds is 8. The largest absolute Gasteiger partial charge is 0.352 e. The molecule has 0 aliphatic carbocycles. The Morgan fingerprint density at radius 1 is 1.20 bits per heavy atom. The first-order chi connectivity index (χ1) is 14.4. The summed E-state index contributed by atoms with van der Waals surface area (Å²) in [7, 11) is 1.62. The lowest BCUT2D eigenvalue weighted by Crippen LogP contribution is -2.40. The Morgan fingerprint density at radius 3 is 2.63 bits per heavy atom. The van der Waals surface area contributed by atoms with Crippen LogP contribution < -0.4 is 5.32 Å². The molecule has 30 heavy (non-hydrogen) atoms. The Bertz CT molecular complexity index is 1010. The van der Waals surface area contributed by atoms with Crippen LogP contribution in [0.15, 0.2) is 60.1 Å². The SMILES string of the molecule is CC(C)NC(=O)CN(C)C(=O)/C=C/c1cn(Cc2ccccc2)nc1-c1cccs1. The van der Waals surface area contributed by atoms with Crippen LogP contribution in [-0.2, 0) is 16.1 Å². The molecule has 2 aromatic heterocycles. The van der Waals surface area contributed by atoms with Crippen LogP contribution in [0.2, 0.25) is 0 Å². The molecule has 3 rings (SSSR count). The summed E-state index contributed by atoms with van der Waals surface area (Å²) in [5.41, 5.74) is 2.85. The van der Waals surface area contributed by atoms with E-state index in [2.05, 4.69) is 17.4 Å². The van der Waals surface area contributed by atoms with Crippen LogP contribution in [-0.4, -0.2) is 46.1 Å². The number of benzene rings is 1. The summed E-state index contributed by atoms with van der Waals surface area (Å²) < 4.78 is 1.88. The third-order valence-electron chi connectivity index (χ3n) is 4.34. The van der Waals surface area contributed by atoms with Gasteiger partial charge in [-0.25, -0.2) is 0 Å². The van der Waals surface area contributed by atoms with E-state index in [0.29, 0.717) is 6.54 Å². The molecular formula is C23H26N4O2S. The smallest absolute Gasteiger partial charge is 0.246 e. The Labute approximate surface area is 180 Å². The highest BCUT2D eigenvalue weighted by Gasteiger charge is 2.14. The van der Waals surface area contributed by atoms with Gasteiger partial charge in [-0.2, -0.15) is 5.10 Å². The second-order valence-corrected chi connectivity index (χ2v) is 8.29. The van der Waals surface area contributed by atoms with E-state index >= 15 is 0 Å². The topological polar surface area (TPSA) is 67.2 Å². The summed E-state index contributed by atoms with van der Waals surface area (Å²) >= 11 is 1.61. The zero-order chi connectivity index (χ0) is 21.5. The number of carbonyl (C=O) groups is 2. The van der Waals surface area contributed by atoms with Gasteiger partial charge in [-0.3, -0.25) is 14.3 Å². The number of nitrogens with one attached hydrogen (secondary N) is 1. The van der Waals surface area contributed by atoms with Crippen LogP contribution in [0, 0.1) is 0 Å². The van der Waals surface area contributed by atoms with E-state index in [9.17, 15) is 9.59 Å². The standard InChI is InChI=1S/C23H26N4O2S/c1-17(2)24-21(28)16-26(3)22(29)12-11-19-15-27(14-18-8-5-4-6-9-18)25-23(19)20-10-7-13-30-20/h4-13,15,17H,14,16H2,1-3H3,(H,24,28)/b12-11+. The quantitative estimate of drug-likeness (QED) is 0.564. The molecule has 3 aromatic rings. The van der Waals surface area contributed by atoms with E-state index in [-0.39, 0.29) is 24.4 Å². The molecule has 7 heteroatoms. The highest BCUT2D eigenvalue weighted by atomic mass is 32.1. The van der Waals surface area contributed by atoms with Gasteiger partial charge in [0.2, 0.25) is 11.8 Å². The van der Waals surface area contributed by atoms with Gasteiger partial charge in [0, 0.05) is 30.9 Å². The number of nitrogens with zero attached hydrogens (tertiary/aromatic N) is 3. The van der Waals surface area contributed by atoms with Crippen LogP contribution in [0.4, 0.5) is 0 Å². The van der Waals surface area contributed by atoms with Gasteiger partial charge in [0.25, 0.3) is 0 Å². The molecular weight excluding hydrogens is 396 g/mol.